The van der Waals surface area contributed by atoms with Crippen LogP contribution in [0.1, 0.15) is 23.7 Å². The van der Waals surface area contributed by atoms with Gasteiger partial charge in [-0.15, -0.1) is 0 Å². The Hall–Kier alpha value is -1.17. The molecule has 1 unspecified atom stereocenters. The van der Waals surface area contributed by atoms with Crippen LogP contribution < -0.4 is 4.74 Å². The quantitative estimate of drug-likeness (QED) is 0.744. The van der Waals surface area contributed by atoms with Gasteiger partial charge in [0.1, 0.15) is 5.75 Å². The van der Waals surface area contributed by atoms with E-state index in [-0.39, 0.29) is 22.0 Å². The van der Waals surface area contributed by atoms with Gasteiger partial charge in [0, 0.05) is 18.4 Å². The van der Waals surface area contributed by atoms with E-state index in [1.807, 2.05) is 6.92 Å². The molecule has 0 aliphatic rings. The summed E-state index contributed by atoms with van der Waals surface area (Å²) in [6.07, 6.45) is 0.778. The average Bonchev–Trinajstić information content (AvgIpc) is 2.35. The lowest BCUT2D eigenvalue weighted by Gasteiger charge is -2.19. The van der Waals surface area contributed by atoms with Gasteiger partial charge in [-0.3, -0.25) is 4.79 Å². The number of halogens is 3. The fourth-order valence-electron chi connectivity index (χ4n) is 1.52. The summed E-state index contributed by atoms with van der Waals surface area (Å²) in [5, 5.41) is 0. The molecular formula is C13H16BrF2NO2. The van der Waals surface area contributed by atoms with E-state index in [1.165, 1.54) is 17.0 Å². The molecule has 0 saturated heterocycles. The molecule has 0 aliphatic heterocycles. The van der Waals surface area contributed by atoms with Crippen molar-refractivity contribution in [1.29, 1.82) is 0 Å². The molecule has 1 aromatic carbocycles. The maximum atomic E-state index is 12.3. The second kappa shape index (κ2) is 7.43. The van der Waals surface area contributed by atoms with Crippen LogP contribution in [0.5, 0.6) is 5.75 Å². The third-order valence-electron chi connectivity index (χ3n) is 2.54. The normalized spacial score (nSPS) is 12.3. The number of nitrogens with zero attached hydrogens (tertiary/aromatic N) is 1. The average molecular weight is 336 g/mol. The predicted molar refractivity (Wildman–Crippen MR) is 73.0 cm³/mol. The number of carbonyl (C=O) groups excluding carboxylic acids is 1. The summed E-state index contributed by atoms with van der Waals surface area (Å²) in [5.74, 6) is -0.425. The van der Waals surface area contributed by atoms with Crippen molar-refractivity contribution in [2.24, 2.45) is 0 Å². The van der Waals surface area contributed by atoms with Gasteiger partial charge in [-0.2, -0.15) is 8.78 Å². The lowest BCUT2D eigenvalue weighted by molar-refractivity contribution is -0.0502. The van der Waals surface area contributed by atoms with Crippen molar-refractivity contribution in [2.45, 2.75) is 24.8 Å². The second-order valence-corrected chi connectivity index (χ2v) is 5.73. The predicted octanol–water partition coefficient (Wildman–Crippen LogP) is 3.53. The summed E-state index contributed by atoms with van der Waals surface area (Å²) in [5.41, 5.74) is 0.146. The molecule has 1 aromatic rings. The smallest absolute Gasteiger partial charge is 0.387 e. The van der Waals surface area contributed by atoms with E-state index in [1.54, 1.807) is 19.2 Å². The van der Waals surface area contributed by atoms with E-state index in [0.29, 0.717) is 6.54 Å². The van der Waals surface area contributed by atoms with Gasteiger partial charge >= 0.3 is 6.61 Å². The molecule has 0 radical (unpaired) electrons. The molecule has 1 rings (SSSR count). The molecule has 19 heavy (non-hydrogen) atoms. The molecule has 0 N–H and O–H groups in total. The monoisotopic (exact) mass is 335 g/mol. The van der Waals surface area contributed by atoms with Gasteiger partial charge in [0.2, 0.25) is 0 Å². The highest BCUT2D eigenvalue weighted by molar-refractivity contribution is 9.09. The van der Waals surface area contributed by atoms with Gasteiger partial charge in [0.15, 0.2) is 0 Å². The maximum absolute atomic E-state index is 12.3. The molecular weight excluding hydrogens is 320 g/mol. The minimum Gasteiger partial charge on any atom is -0.434 e. The Morgan fingerprint density at radius 3 is 2.63 bits per heavy atom. The van der Waals surface area contributed by atoms with Crippen LogP contribution in [-0.4, -0.2) is 35.8 Å². The Balaban J connectivity index is 2.80. The molecule has 1 amide bonds. The molecule has 0 fully saturated rings. The van der Waals surface area contributed by atoms with Gasteiger partial charge in [0.25, 0.3) is 5.91 Å². The summed E-state index contributed by atoms with van der Waals surface area (Å²) < 4.78 is 28.9. The second-order valence-electron chi connectivity index (χ2n) is 4.17. The van der Waals surface area contributed by atoms with Crippen molar-refractivity contribution in [2.75, 3.05) is 13.6 Å². The summed E-state index contributed by atoms with van der Waals surface area (Å²) >= 11 is 3.39. The van der Waals surface area contributed by atoms with E-state index < -0.39 is 6.61 Å². The van der Waals surface area contributed by atoms with E-state index in [4.69, 9.17) is 0 Å². The number of amides is 1. The van der Waals surface area contributed by atoms with Crippen molar-refractivity contribution in [3.05, 3.63) is 29.8 Å². The Labute approximate surface area is 119 Å². The largest absolute Gasteiger partial charge is 0.434 e. The standard InChI is InChI=1S/C13H16BrF2NO2/c1-9(14)7-8-17(2)12(18)10-5-3-4-6-11(10)19-13(15)16/h3-6,9,13H,7-8H2,1-2H3. The Morgan fingerprint density at radius 1 is 1.42 bits per heavy atom. The van der Waals surface area contributed by atoms with Crippen LogP contribution in [0.2, 0.25) is 0 Å². The van der Waals surface area contributed by atoms with Crippen LogP contribution in [0.4, 0.5) is 8.78 Å². The van der Waals surface area contributed by atoms with Crippen molar-refractivity contribution in [3.63, 3.8) is 0 Å². The van der Waals surface area contributed by atoms with E-state index in [9.17, 15) is 13.6 Å². The first-order valence-corrected chi connectivity index (χ1v) is 6.76. The van der Waals surface area contributed by atoms with Crippen molar-refractivity contribution < 1.29 is 18.3 Å². The molecule has 0 spiro atoms. The number of alkyl halides is 3. The molecule has 0 aliphatic carbocycles. The van der Waals surface area contributed by atoms with Gasteiger partial charge in [-0.25, -0.2) is 0 Å². The lowest BCUT2D eigenvalue weighted by Crippen LogP contribution is -2.29. The molecule has 3 nitrogen and oxygen atoms in total. The number of benzene rings is 1. The topological polar surface area (TPSA) is 29.5 Å². The van der Waals surface area contributed by atoms with Gasteiger partial charge < -0.3 is 9.64 Å². The molecule has 0 bridgehead atoms. The molecule has 0 saturated carbocycles. The van der Waals surface area contributed by atoms with Crippen LogP contribution in [0, 0.1) is 0 Å². The van der Waals surface area contributed by atoms with Crippen LogP contribution in [0.15, 0.2) is 24.3 Å². The van der Waals surface area contributed by atoms with E-state index >= 15 is 0 Å². The third-order valence-corrected chi connectivity index (χ3v) is 3.00. The SMILES string of the molecule is CC(Br)CCN(C)C(=O)c1ccccc1OC(F)F. The number of hydrogen-bond donors (Lipinski definition) is 0. The Kier molecular flexibility index (Phi) is 6.21. The molecule has 1 atom stereocenters. The minimum atomic E-state index is -2.94. The van der Waals surface area contributed by atoms with Crippen LogP contribution >= 0.6 is 15.9 Å². The first kappa shape index (κ1) is 15.9. The summed E-state index contributed by atoms with van der Waals surface area (Å²) in [6.45, 7) is -0.428. The molecule has 0 aromatic heterocycles. The Bertz CT molecular complexity index is 427. The molecule has 106 valence electrons. The van der Waals surface area contributed by atoms with Crippen LogP contribution in [-0.2, 0) is 0 Å². The highest BCUT2D eigenvalue weighted by atomic mass is 79.9. The van der Waals surface area contributed by atoms with Gasteiger partial charge in [-0.05, 0) is 18.6 Å². The van der Waals surface area contributed by atoms with Crippen LogP contribution in [0.3, 0.4) is 0 Å². The Morgan fingerprint density at radius 2 is 2.05 bits per heavy atom. The highest BCUT2D eigenvalue weighted by Crippen LogP contribution is 2.21. The van der Waals surface area contributed by atoms with E-state index in [0.717, 1.165) is 6.42 Å². The number of hydrogen-bond acceptors (Lipinski definition) is 2. The van der Waals surface area contributed by atoms with Crippen molar-refractivity contribution >= 4 is 21.8 Å². The number of ether oxygens (including phenoxy) is 1. The van der Waals surface area contributed by atoms with Gasteiger partial charge in [-0.1, -0.05) is 35.0 Å². The van der Waals surface area contributed by atoms with Crippen LogP contribution in [0.25, 0.3) is 0 Å². The minimum absolute atomic E-state index is 0.0961. The zero-order valence-electron chi connectivity index (χ0n) is 10.8. The number of carbonyl (C=O) groups is 1. The fourth-order valence-corrected chi connectivity index (χ4v) is 1.73. The van der Waals surface area contributed by atoms with E-state index in [2.05, 4.69) is 20.7 Å². The summed E-state index contributed by atoms with van der Waals surface area (Å²) in [7, 11) is 1.64. The lowest BCUT2D eigenvalue weighted by atomic mass is 10.1. The van der Waals surface area contributed by atoms with Crippen molar-refractivity contribution in [3.8, 4) is 5.75 Å². The highest BCUT2D eigenvalue weighted by Gasteiger charge is 2.18. The van der Waals surface area contributed by atoms with Gasteiger partial charge in [0.05, 0.1) is 5.56 Å². The first-order chi connectivity index (χ1) is 8.91. The summed E-state index contributed by atoms with van der Waals surface area (Å²) in [4.78, 5) is 13.9. The molecule has 0 heterocycles. The zero-order chi connectivity index (χ0) is 14.4. The maximum Gasteiger partial charge on any atom is 0.387 e. The zero-order valence-corrected chi connectivity index (χ0v) is 12.4. The third kappa shape index (κ3) is 5.14. The number of rotatable bonds is 6. The number of para-hydroxylation sites is 1. The molecule has 6 heteroatoms. The van der Waals surface area contributed by atoms with Crippen molar-refractivity contribution in [1.82, 2.24) is 4.90 Å². The summed E-state index contributed by atoms with van der Waals surface area (Å²) in [6, 6.07) is 6.01. The fraction of sp³-hybridized carbons (Fsp3) is 0.462. The first-order valence-electron chi connectivity index (χ1n) is 5.85.